The standard InChI is InChI=1S/C20H33F3O/c1-3-4-12-5-7-13(8-6-12)15-11-14-9-10-16(24-2)19(22)17(14)20(23)18(15)21/h12-20H,3-11H2,1-2H3. The van der Waals surface area contributed by atoms with Gasteiger partial charge in [0.25, 0.3) is 0 Å². The van der Waals surface area contributed by atoms with E-state index in [0.29, 0.717) is 18.8 Å². The van der Waals surface area contributed by atoms with Crippen molar-refractivity contribution >= 4 is 0 Å². The van der Waals surface area contributed by atoms with Crippen LogP contribution in [0.1, 0.15) is 64.7 Å². The van der Waals surface area contributed by atoms with Gasteiger partial charge in [-0.2, -0.15) is 0 Å². The Kier molecular flexibility index (Phi) is 6.16. The largest absolute Gasteiger partial charge is 0.378 e. The quantitative estimate of drug-likeness (QED) is 0.637. The number of halogens is 3. The summed E-state index contributed by atoms with van der Waals surface area (Å²) in [5.41, 5.74) is 0. The summed E-state index contributed by atoms with van der Waals surface area (Å²) in [4.78, 5) is 0. The van der Waals surface area contributed by atoms with Gasteiger partial charge in [0.15, 0.2) is 0 Å². The lowest BCUT2D eigenvalue weighted by atomic mass is 9.60. The minimum atomic E-state index is -1.66. The molecule has 3 aliphatic carbocycles. The zero-order valence-electron chi connectivity index (χ0n) is 15.1. The monoisotopic (exact) mass is 346 g/mol. The molecule has 140 valence electrons. The Hall–Kier alpha value is -0.250. The lowest BCUT2D eigenvalue weighted by molar-refractivity contribution is -0.124. The molecule has 0 aromatic carbocycles. The van der Waals surface area contributed by atoms with Crippen molar-refractivity contribution < 1.29 is 17.9 Å². The first-order valence-corrected chi connectivity index (χ1v) is 10.0. The number of fused-ring (bicyclic) bond motifs is 1. The second-order valence-electron chi connectivity index (χ2n) is 8.49. The zero-order valence-corrected chi connectivity index (χ0v) is 15.1. The Morgan fingerprint density at radius 3 is 2.12 bits per heavy atom. The predicted octanol–water partition coefficient (Wildman–Crippen LogP) is 5.67. The lowest BCUT2D eigenvalue weighted by Gasteiger charge is -2.49. The van der Waals surface area contributed by atoms with Gasteiger partial charge in [0.05, 0.1) is 6.10 Å². The summed E-state index contributed by atoms with van der Waals surface area (Å²) in [6.45, 7) is 2.21. The van der Waals surface area contributed by atoms with E-state index >= 15 is 0 Å². The Bertz CT molecular complexity index is 394. The Morgan fingerprint density at radius 1 is 0.833 bits per heavy atom. The number of hydrogen-bond acceptors (Lipinski definition) is 1. The first-order chi connectivity index (χ1) is 11.6. The third kappa shape index (κ3) is 3.50. The van der Waals surface area contributed by atoms with Crippen molar-refractivity contribution in [2.45, 2.75) is 89.3 Å². The van der Waals surface area contributed by atoms with Gasteiger partial charge in [-0.15, -0.1) is 0 Å². The molecular weight excluding hydrogens is 313 g/mol. The van der Waals surface area contributed by atoms with E-state index in [4.69, 9.17) is 4.74 Å². The minimum Gasteiger partial charge on any atom is -0.378 e. The maximum Gasteiger partial charge on any atom is 0.137 e. The molecule has 0 amide bonds. The summed E-state index contributed by atoms with van der Waals surface area (Å²) in [6.07, 6.45) is 3.86. The molecule has 3 saturated carbocycles. The van der Waals surface area contributed by atoms with Crippen LogP contribution in [0.3, 0.4) is 0 Å². The second kappa shape index (κ2) is 7.97. The van der Waals surface area contributed by atoms with Crippen LogP contribution in [-0.2, 0) is 4.74 Å². The van der Waals surface area contributed by atoms with E-state index in [0.717, 1.165) is 38.0 Å². The molecule has 0 saturated heterocycles. The first-order valence-electron chi connectivity index (χ1n) is 10.0. The highest BCUT2D eigenvalue weighted by Crippen LogP contribution is 2.51. The van der Waals surface area contributed by atoms with Crippen LogP contribution in [-0.4, -0.2) is 31.7 Å². The normalized spacial score (nSPS) is 49.6. The van der Waals surface area contributed by atoms with Gasteiger partial charge in [-0.25, -0.2) is 13.2 Å². The molecule has 3 fully saturated rings. The average Bonchev–Trinajstić information content (AvgIpc) is 2.59. The molecule has 7 unspecified atom stereocenters. The predicted molar refractivity (Wildman–Crippen MR) is 90.2 cm³/mol. The van der Waals surface area contributed by atoms with Gasteiger partial charge in [-0.3, -0.25) is 0 Å². The molecule has 0 bridgehead atoms. The molecule has 0 aromatic heterocycles. The highest BCUT2D eigenvalue weighted by molar-refractivity contribution is 5.02. The fraction of sp³-hybridized carbons (Fsp3) is 1.00. The molecular formula is C20H33F3O. The van der Waals surface area contributed by atoms with Crippen LogP contribution in [0.4, 0.5) is 13.2 Å². The van der Waals surface area contributed by atoms with Gasteiger partial charge >= 0.3 is 0 Å². The third-order valence-corrected chi connectivity index (χ3v) is 7.24. The fourth-order valence-electron chi connectivity index (χ4n) is 5.89. The van der Waals surface area contributed by atoms with Crippen LogP contribution < -0.4 is 0 Å². The number of ether oxygens (including phenoxy) is 1. The number of rotatable bonds is 4. The summed E-state index contributed by atoms with van der Waals surface area (Å²) < 4.78 is 49.4. The molecule has 7 atom stereocenters. The number of methoxy groups -OCH3 is 1. The van der Waals surface area contributed by atoms with Gasteiger partial charge in [-0.1, -0.05) is 32.6 Å². The van der Waals surface area contributed by atoms with Gasteiger partial charge in [0.2, 0.25) is 0 Å². The molecule has 1 nitrogen and oxygen atoms in total. The lowest BCUT2D eigenvalue weighted by Crippen LogP contribution is -2.54. The Morgan fingerprint density at radius 2 is 1.50 bits per heavy atom. The first kappa shape index (κ1) is 18.5. The van der Waals surface area contributed by atoms with Crippen molar-refractivity contribution in [1.29, 1.82) is 0 Å². The van der Waals surface area contributed by atoms with Gasteiger partial charge in [0.1, 0.15) is 18.5 Å². The summed E-state index contributed by atoms with van der Waals surface area (Å²) in [5.74, 6) is 0.0629. The van der Waals surface area contributed by atoms with Crippen molar-refractivity contribution in [1.82, 2.24) is 0 Å². The highest BCUT2D eigenvalue weighted by Gasteiger charge is 2.54. The van der Waals surface area contributed by atoms with Gasteiger partial charge in [-0.05, 0) is 55.8 Å². The molecule has 24 heavy (non-hydrogen) atoms. The van der Waals surface area contributed by atoms with Crippen LogP contribution in [0, 0.1) is 29.6 Å². The molecule has 4 heteroatoms. The van der Waals surface area contributed by atoms with Gasteiger partial charge < -0.3 is 4.74 Å². The summed E-state index contributed by atoms with van der Waals surface area (Å²) in [5, 5.41) is 0. The van der Waals surface area contributed by atoms with Crippen molar-refractivity contribution in [3.63, 3.8) is 0 Å². The van der Waals surface area contributed by atoms with Crippen molar-refractivity contribution in [3.8, 4) is 0 Å². The second-order valence-corrected chi connectivity index (χ2v) is 8.49. The van der Waals surface area contributed by atoms with Crippen LogP contribution in [0.5, 0.6) is 0 Å². The summed E-state index contributed by atoms with van der Waals surface area (Å²) >= 11 is 0. The molecule has 0 heterocycles. The van der Waals surface area contributed by atoms with Gasteiger partial charge in [0, 0.05) is 13.0 Å². The van der Waals surface area contributed by atoms with Crippen molar-refractivity contribution in [2.24, 2.45) is 29.6 Å². The van der Waals surface area contributed by atoms with Crippen molar-refractivity contribution in [2.75, 3.05) is 7.11 Å². The van der Waals surface area contributed by atoms with Crippen molar-refractivity contribution in [3.05, 3.63) is 0 Å². The Labute approximate surface area is 144 Å². The van der Waals surface area contributed by atoms with E-state index in [1.54, 1.807) is 0 Å². The molecule has 0 aromatic rings. The molecule has 0 radical (unpaired) electrons. The molecule has 0 aliphatic heterocycles. The van der Waals surface area contributed by atoms with E-state index in [1.165, 1.54) is 20.0 Å². The van der Waals surface area contributed by atoms with Crippen LogP contribution in [0.25, 0.3) is 0 Å². The van der Waals surface area contributed by atoms with Crippen LogP contribution >= 0.6 is 0 Å². The Balaban J connectivity index is 1.64. The average molecular weight is 346 g/mol. The van der Waals surface area contributed by atoms with E-state index in [1.807, 2.05) is 0 Å². The maximum atomic E-state index is 14.9. The number of alkyl halides is 3. The van der Waals surface area contributed by atoms with E-state index in [2.05, 4.69) is 6.92 Å². The minimum absolute atomic E-state index is 0.00762. The van der Waals surface area contributed by atoms with E-state index in [-0.39, 0.29) is 11.8 Å². The molecule has 0 spiro atoms. The molecule has 3 aliphatic rings. The summed E-state index contributed by atoms with van der Waals surface area (Å²) in [6, 6.07) is 0. The molecule has 3 rings (SSSR count). The third-order valence-electron chi connectivity index (χ3n) is 7.24. The maximum absolute atomic E-state index is 14.9. The topological polar surface area (TPSA) is 9.23 Å². The zero-order chi connectivity index (χ0) is 17.3. The van der Waals surface area contributed by atoms with E-state index < -0.39 is 30.5 Å². The number of hydrogen-bond donors (Lipinski definition) is 0. The fourth-order valence-corrected chi connectivity index (χ4v) is 5.89. The van der Waals surface area contributed by atoms with E-state index in [9.17, 15) is 13.2 Å². The van der Waals surface area contributed by atoms with Crippen LogP contribution in [0.2, 0.25) is 0 Å². The SMILES string of the molecule is CCCC1CCC(C2CC3CCC(OC)C(F)C3C(F)C2F)CC1. The van der Waals surface area contributed by atoms with Crippen LogP contribution in [0.15, 0.2) is 0 Å². The highest BCUT2D eigenvalue weighted by atomic mass is 19.2. The molecule has 0 N–H and O–H groups in total. The smallest absolute Gasteiger partial charge is 0.137 e. The summed E-state index contributed by atoms with van der Waals surface area (Å²) in [7, 11) is 1.47.